The number of hydrogen-bond acceptors (Lipinski definition) is 4. The van der Waals surface area contributed by atoms with Crippen LogP contribution in [0.1, 0.15) is 29.3 Å². The minimum absolute atomic E-state index is 0.0754. The molecule has 0 atom stereocenters. The molecule has 0 aromatic heterocycles. The van der Waals surface area contributed by atoms with E-state index in [1.807, 2.05) is 36.4 Å². The first-order valence-corrected chi connectivity index (χ1v) is 8.91. The molecule has 0 heterocycles. The van der Waals surface area contributed by atoms with Crippen molar-refractivity contribution in [2.45, 2.75) is 13.3 Å². The Kier molecular flexibility index (Phi) is 6.01. The van der Waals surface area contributed by atoms with Crippen molar-refractivity contribution < 1.29 is 14.3 Å². The van der Waals surface area contributed by atoms with Gasteiger partial charge in [-0.15, -0.1) is 0 Å². The van der Waals surface area contributed by atoms with Crippen LogP contribution in [0.5, 0.6) is 5.75 Å². The maximum absolute atomic E-state index is 12.3. The van der Waals surface area contributed by atoms with Crippen LogP contribution < -0.4 is 15.5 Å². The minimum atomic E-state index is -0.331. The molecule has 0 radical (unpaired) electrons. The molecule has 3 rings (SSSR count). The van der Waals surface area contributed by atoms with Crippen molar-refractivity contribution >= 4 is 34.5 Å². The van der Waals surface area contributed by atoms with Crippen LogP contribution in [0.2, 0.25) is 0 Å². The van der Waals surface area contributed by atoms with E-state index < -0.39 is 0 Å². The predicted molar refractivity (Wildman–Crippen MR) is 111 cm³/mol. The minimum Gasteiger partial charge on any atom is -0.496 e. The van der Waals surface area contributed by atoms with Crippen molar-refractivity contribution in [1.29, 1.82) is 0 Å². The van der Waals surface area contributed by atoms with Gasteiger partial charge in [0.15, 0.2) is 0 Å². The molecule has 3 aromatic carbocycles. The second kappa shape index (κ2) is 8.81. The summed E-state index contributed by atoms with van der Waals surface area (Å²) < 4.78 is 5.38. The van der Waals surface area contributed by atoms with Gasteiger partial charge in [-0.1, -0.05) is 31.2 Å². The molecule has 0 aliphatic carbocycles. The molecule has 2 amide bonds. The highest BCUT2D eigenvalue weighted by atomic mass is 16.5. The van der Waals surface area contributed by atoms with E-state index in [0.717, 1.165) is 22.1 Å². The first-order chi connectivity index (χ1) is 13.6. The van der Waals surface area contributed by atoms with Crippen molar-refractivity contribution in [3.05, 3.63) is 71.8 Å². The molecule has 0 aliphatic rings. The van der Waals surface area contributed by atoms with Crippen LogP contribution in [0, 0.1) is 0 Å². The fraction of sp³-hybridized carbons (Fsp3) is 0.136. The van der Waals surface area contributed by atoms with Crippen LogP contribution >= 0.6 is 0 Å². The number of methoxy groups -OCH3 is 1. The summed E-state index contributed by atoms with van der Waals surface area (Å²) in [5, 5.41) is 8.77. The fourth-order valence-electron chi connectivity index (χ4n) is 2.76. The number of carbonyl (C=O) groups excluding carboxylic acids is 2. The third kappa shape index (κ3) is 4.35. The van der Waals surface area contributed by atoms with Crippen LogP contribution in [0.15, 0.2) is 65.8 Å². The van der Waals surface area contributed by atoms with Crippen LogP contribution in [-0.2, 0) is 4.79 Å². The summed E-state index contributed by atoms with van der Waals surface area (Å²) in [6.45, 7) is 1.78. The molecule has 28 heavy (non-hydrogen) atoms. The Balaban J connectivity index is 1.70. The number of amides is 2. The zero-order valence-electron chi connectivity index (χ0n) is 15.7. The Morgan fingerprint density at radius 1 is 1.00 bits per heavy atom. The number of carbonyl (C=O) groups is 2. The van der Waals surface area contributed by atoms with Gasteiger partial charge in [0.1, 0.15) is 5.75 Å². The highest BCUT2D eigenvalue weighted by Gasteiger charge is 2.07. The number of hydrazone groups is 1. The number of anilines is 1. The van der Waals surface area contributed by atoms with E-state index in [1.54, 1.807) is 44.5 Å². The summed E-state index contributed by atoms with van der Waals surface area (Å²) in [5.74, 6) is 0.378. The molecule has 6 heteroatoms. The number of ether oxygens (including phenoxy) is 1. The van der Waals surface area contributed by atoms with Crippen LogP contribution in [0.3, 0.4) is 0 Å². The van der Waals surface area contributed by atoms with E-state index in [4.69, 9.17) is 4.74 Å². The SMILES string of the molecule is CCC(=O)Nc1ccc(C(=O)N/N=C\c2ccc(OC)c3ccccc23)cc1. The van der Waals surface area contributed by atoms with E-state index in [1.165, 1.54) is 0 Å². The normalized spacial score (nSPS) is 10.8. The van der Waals surface area contributed by atoms with Gasteiger partial charge in [-0.2, -0.15) is 5.10 Å². The third-order valence-corrected chi connectivity index (χ3v) is 4.26. The van der Waals surface area contributed by atoms with Crippen molar-refractivity contribution in [1.82, 2.24) is 5.43 Å². The highest BCUT2D eigenvalue weighted by molar-refractivity contribution is 6.03. The fourth-order valence-corrected chi connectivity index (χ4v) is 2.76. The van der Waals surface area contributed by atoms with Gasteiger partial charge in [0.2, 0.25) is 5.91 Å². The van der Waals surface area contributed by atoms with Gasteiger partial charge in [0.05, 0.1) is 13.3 Å². The first kappa shape index (κ1) is 19.1. The highest BCUT2D eigenvalue weighted by Crippen LogP contribution is 2.27. The maximum atomic E-state index is 12.3. The second-order valence-corrected chi connectivity index (χ2v) is 6.08. The smallest absolute Gasteiger partial charge is 0.271 e. The van der Waals surface area contributed by atoms with Gasteiger partial charge in [-0.05, 0) is 41.8 Å². The first-order valence-electron chi connectivity index (χ1n) is 8.91. The standard InChI is InChI=1S/C22H21N3O3/c1-3-21(26)24-17-11-8-15(9-12-17)22(27)25-23-14-16-10-13-20(28-2)19-7-5-4-6-18(16)19/h4-14H,3H2,1-2H3,(H,24,26)(H,25,27)/b23-14-. The predicted octanol–water partition coefficient (Wildman–Crippen LogP) is 3.96. The Labute approximate surface area is 163 Å². The maximum Gasteiger partial charge on any atom is 0.271 e. The quantitative estimate of drug-likeness (QED) is 0.505. The molecule has 0 saturated heterocycles. The zero-order valence-corrected chi connectivity index (χ0v) is 15.7. The lowest BCUT2D eigenvalue weighted by Gasteiger charge is -2.07. The summed E-state index contributed by atoms with van der Waals surface area (Å²) in [5.41, 5.74) is 4.49. The van der Waals surface area contributed by atoms with Crippen molar-refractivity contribution in [3.8, 4) is 5.75 Å². The van der Waals surface area contributed by atoms with Crippen LogP contribution in [0.4, 0.5) is 5.69 Å². The number of fused-ring (bicyclic) bond motifs is 1. The third-order valence-electron chi connectivity index (χ3n) is 4.26. The van der Waals surface area contributed by atoms with Gasteiger partial charge in [-0.3, -0.25) is 9.59 Å². The molecule has 0 fully saturated rings. The van der Waals surface area contributed by atoms with Crippen LogP contribution in [-0.4, -0.2) is 25.1 Å². The molecule has 0 unspecified atom stereocenters. The van der Waals surface area contributed by atoms with Crippen molar-refractivity contribution in [3.63, 3.8) is 0 Å². The van der Waals surface area contributed by atoms with Crippen molar-refractivity contribution in [2.24, 2.45) is 5.10 Å². The van der Waals surface area contributed by atoms with Gasteiger partial charge in [0, 0.05) is 28.6 Å². The topological polar surface area (TPSA) is 79.8 Å². The number of benzene rings is 3. The second-order valence-electron chi connectivity index (χ2n) is 6.08. The van der Waals surface area contributed by atoms with E-state index in [9.17, 15) is 9.59 Å². The Hall–Kier alpha value is -3.67. The van der Waals surface area contributed by atoms with E-state index >= 15 is 0 Å². The molecule has 0 aliphatic heterocycles. The molecule has 142 valence electrons. The molecule has 6 nitrogen and oxygen atoms in total. The lowest BCUT2D eigenvalue weighted by atomic mass is 10.0. The Bertz CT molecular complexity index is 1030. The number of hydrogen-bond donors (Lipinski definition) is 2. The molecule has 3 aromatic rings. The Morgan fingerprint density at radius 3 is 2.39 bits per heavy atom. The average Bonchev–Trinajstić information content (AvgIpc) is 2.74. The zero-order chi connectivity index (χ0) is 19.9. The Morgan fingerprint density at radius 2 is 1.71 bits per heavy atom. The number of nitrogens with zero attached hydrogens (tertiary/aromatic N) is 1. The van der Waals surface area contributed by atoms with Gasteiger partial charge in [-0.25, -0.2) is 5.43 Å². The summed E-state index contributed by atoms with van der Waals surface area (Å²) in [7, 11) is 1.63. The number of nitrogens with one attached hydrogen (secondary N) is 2. The molecule has 2 N–H and O–H groups in total. The summed E-state index contributed by atoms with van der Waals surface area (Å²) in [6.07, 6.45) is 2.01. The van der Waals surface area contributed by atoms with Gasteiger partial charge in [0.25, 0.3) is 5.91 Å². The summed E-state index contributed by atoms with van der Waals surface area (Å²) in [6, 6.07) is 18.2. The number of rotatable bonds is 6. The summed E-state index contributed by atoms with van der Waals surface area (Å²) >= 11 is 0. The monoisotopic (exact) mass is 375 g/mol. The molecule has 0 bridgehead atoms. The van der Waals surface area contributed by atoms with E-state index in [0.29, 0.717) is 17.7 Å². The molecule has 0 spiro atoms. The largest absolute Gasteiger partial charge is 0.496 e. The summed E-state index contributed by atoms with van der Waals surface area (Å²) in [4.78, 5) is 23.6. The molecular formula is C22H21N3O3. The van der Waals surface area contributed by atoms with Crippen LogP contribution in [0.25, 0.3) is 10.8 Å². The van der Waals surface area contributed by atoms with Crippen molar-refractivity contribution in [2.75, 3.05) is 12.4 Å². The molecular weight excluding hydrogens is 354 g/mol. The van der Waals surface area contributed by atoms with Gasteiger partial charge < -0.3 is 10.1 Å². The molecule has 0 saturated carbocycles. The van der Waals surface area contributed by atoms with E-state index in [2.05, 4.69) is 15.8 Å². The lowest BCUT2D eigenvalue weighted by molar-refractivity contribution is -0.115. The average molecular weight is 375 g/mol. The lowest BCUT2D eigenvalue weighted by Crippen LogP contribution is -2.17. The van der Waals surface area contributed by atoms with Gasteiger partial charge >= 0.3 is 0 Å². The van der Waals surface area contributed by atoms with E-state index in [-0.39, 0.29) is 11.8 Å².